The van der Waals surface area contributed by atoms with E-state index in [2.05, 4.69) is 0 Å². The SMILES string of the molecule is COC(=O)C(C)(C)C1C=CN(Cc2ccccc2)C=C1C(=O)N1CCSC1=S. The Labute approximate surface area is 175 Å². The molecule has 1 aromatic rings. The molecule has 0 bridgehead atoms. The van der Waals surface area contributed by atoms with E-state index >= 15 is 0 Å². The van der Waals surface area contributed by atoms with Crippen molar-refractivity contribution >= 4 is 40.2 Å². The summed E-state index contributed by atoms with van der Waals surface area (Å²) in [5, 5.41) is 0. The van der Waals surface area contributed by atoms with Crippen LogP contribution in [0.1, 0.15) is 19.4 Å². The van der Waals surface area contributed by atoms with Crippen LogP contribution in [0.15, 0.2) is 54.4 Å². The monoisotopic (exact) mass is 416 g/mol. The maximum absolute atomic E-state index is 13.3. The minimum Gasteiger partial charge on any atom is -0.469 e. The highest BCUT2D eigenvalue weighted by Crippen LogP contribution is 2.39. The molecule has 2 aliphatic heterocycles. The number of hydrogen-bond donors (Lipinski definition) is 0. The molecule has 28 heavy (non-hydrogen) atoms. The van der Waals surface area contributed by atoms with E-state index in [1.807, 2.05) is 53.7 Å². The van der Waals surface area contributed by atoms with Crippen molar-refractivity contribution in [2.45, 2.75) is 20.4 Å². The molecular weight excluding hydrogens is 392 g/mol. The predicted molar refractivity (Wildman–Crippen MR) is 115 cm³/mol. The van der Waals surface area contributed by atoms with Crippen LogP contribution in [0, 0.1) is 11.3 Å². The molecule has 0 aliphatic carbocycles. The molecule has 3 rings (SSSR count). The number of hydrogen-bond acceptors (Lipinski definition) is 6. The average molecular weight is 417 g/mol. The van der Waals surface area contributed by atoms with Gasteiger partial charge < -0.3 is 9.64 Å². The largest absolute Gasteiger partial charge is 0.469 e. The van der Waals surface area contributed by atoms with Gasteiger partial charge in [-0.3, -0.25) is 14.5 Å². The number of benzene rings is 1. The molecule has 0 aromatic heterocycles. The molecule has 0 N–H and O–H groups in total. The zero-order valence-corrected chi connectivity index (χ0v) is 17.9. The molecule has 1 amide bonds. The van der Waals surface area contributed by atoms with Gasteiger partial charge in [-0.05, 0) is 19.4 Å². The number of rotatable bonds is 5. The summed E-state index contributed by atoms with van der Waals surface area (Å²) in [4.78, 5) is 29.3. The van der Waals surface area contributed by atoms with Crippen LogP contribution in [-0.4, -0.2) is 45.4 Å². The van der Waals surface area contributed by atoms with Crippen LogP contribution in [0.4, 0.5) is 0 Å². The van der Waals surface area contributed by atoms with E-state index < -0.39 is 11.3 Å². The number of esters is 1. The summed E-state index contributed by atoms with van der Waals surface area (Å²) in [6.07, 6.45) is 5.69. The molecule has 1 fully saturated rings. The lowest BCUT2D eigenvalue weighted by Gasteiger charge is -2.36. The Kier molecular flexibility index (Phi) is 6.25. The second-order valence-electron chi connectivity index (χ2n) is 7.35. The van der Waals surface area contributed by atoms with Gasteiger partial charge in [0.15, 0.2) is 0 Å². The second kappa shape index (κ2) is 8.49. The lowest BCUT2D eigenvalue weighted by molar-refractivity contribution is -0.152. The van der Waals surface area contributed by atoms with Crippen molar-refractivity contribution in [3.63, 3.8) is 0 Å². The van der Waals surface area contributed by atoms with E-state index in [4.69, 9.17) is 17.0 Å². The summed E-state index contributed by atoms with van der Waals surface area (Å²) < 4.78 is 5.58. The fourth-order valence-corrected chi connectivity index (χ4v) is 4.64. The van der Waals surface area contributed by atoms with Crippen LogP contribution in [-0.2, 0) is 20.9 Å². The molecule has 0 spiro atoms. The van der Waals surface area contributed by atoms with Crippen LogP contribution in [0.3, 0.4) is 0 Å². The number of nitrogens with zero attached hydrogens (tertiary/aromatic N) is 2. The van der Waals surface area contributed by atoms with Gasteiger partial charge in [-0.15, -0.1) is 0 Å². The number of ether oxygens (including phenoxy) is 1. The Hall–Kier alpha value is -2.12. The van der Waals surface area contributed by atoms with Gasteiger partial charge in [0.25, 0.3) is 5.91 Å². The average Bonchev–Trinajstić information content (AvgIpc) is 3.13. The van der Waals surface area contributed by atoms with E-state index in [0.717, 1.165) is 11.3 Å². The third kappa shape index (κ3) is 4.15. The Bertz CT molecular complexity index is 833. The highest BCUT2D eigenvalue weighted by atomic mass is 32.2. The first-order chi connectivity index (χ1) is 13.3. The van der Waals surface area contributed by atoms with Crippen molar-refractivity contribution in [3.05, 3.63) is 59.9 Å². The summed E-state index contributed by atoms with van der Waals surface area (Å²) in [7, 11) is 1.37. The fraction of sp³-hybridized carbons (Fsp3) is 0.381. The Morgan fingerprint density at radius 1 is 1.29 bits per heavy atom. The first-order valence-corrected chi connectivity index (χ1v) is 10.5. The Morgan fingerprint density at radius 2 is 2.00 bits per heavy atom. The highest BCUT2D eigenvalue weighted by Gasteiger charge is 2.43. The van der Waals surface area contributed by atoms with Gasteiger partial charge in [0.05, 0.1) is 12.5 Å². The quantitative estimate of drug-likeness (QED) is 0.540. The first-order valence-electron chi connectivity index (χ1n) is 9.11. The predicted octanol–water partition coefficient (Wildman–Crippen LogP) is 3.58. The van der Waals surface area contributed by atoms with Gasteiger partial charge in [-0.25, -0.2) is 0 Å². The normalized spacial score (nSPS) is 19.6. The fourth-order valence-electron chi connectivity index (χ4n) is 3.44. The second-order valence-corrected chi connectivity index (χ2v) is 9.07. The molecule has 1 saturated heterocycles. The number of allylic oxidation sites excluding steroid dienone is 1. The van der Waals surface area contributed by atoms with E-state index in [1.165, 1.54) is 18.9 Å². The number of thiocarbonyl (C=S) groups is 1. The molecule has 148 valence electrons. The standard InChI is InChI=1S/C21H24N2O3S2/c1-21(2,19(25)26-3)17-9-10-22(13-15-7-5-4-6-8-15)14-16(17)18(24)23-11-12-28-20(23)27/h4-10,14,17H,11-13H2,1-3H3. The van der Waals surface area contributed by atoms with Crippen molar-refractivity contribution in [3.8, 4) is 0 Å². The van der Waals surface area contributed by atoms with Gasteiger partial charge in [-0.2, -0.15) is 0 Å². The molecule has 1 aromatic carbocycles. The van der Waals surface area contributed by atoms with Gasteiger partial charge >= 0.3 is 5.97 Å². The van der Waals surface area contributed by atoms with Crippen LogP contribution >= 0.6 is 24.0 Å². The lowest BCUT2D eigenvalue weighted by Crippen LogP contribution is -2.42. The minimum atomic E-state index is -0.875. The summed E-state index contributed by atoms with van der Waals surface area (Å²) >= 11 is 6.85. The number of carbonyl (C=O) groups excluding carboxylic acids is 2. The van der Waals surface area contributed by atoms with Crippen molar-refractivity contribution in [1.82, 2.24) is 9.80 Å². The molecule has 5 nitrogen and oxygen atoms in total. The third-order valence-electron chi connectivity index (χ3n) is 5.06. The third-order valence-corrected chi connectivity index (χ3v) is 6.49. The maximum Gasteiger partial charge on any atom is 0.312 e. The molecule has 0 radical (unpaired) electrons. The van der Waals surface area contributed by atoms with Gasteiger partial charge in [0.1, 0.15) is 4.32 Å². The van der Waals surface area contributed by atoms with Crippen LogP contribution in [0.2, 0.25) is 0 Å². The van der Waals surface area contributed by atoms with E-state index in [9.17, 15) is 9.59 Å². The van der Waals surface area contributed by atoms with Gasteiger partial charge in [0, 0.05) is 42.7 Å². The Balaban J connectivity index is 1.93. The van der Waals surface area contributed by atoms with Crippen LogP contribution in [0.25, 0.3) is 0 Å². The van der Waals surface area contributed by atoms with Crippen molar-refractivity contribution in [2.75, 3.05) is 19.4 Å². The summed E-state index contributed by atoms with van der Waals surface area (Å²) in [6, 6.07) is 10.0. The number of thioether (sulfide) groups is 1. The van der Waals surface area contributed by atoms with Gasteiger partial charge in [0.2, 0.25) is 0 Å². The lowest BCUT2D eigenvalue weighted by atomic mass is 9.73. The van der Waals surface area contributed by atoms with Gasteiger partial charge in [-0.1, -0.05) is 60.4 Å². The van der Waals surface area contributed by atoms with Crippen molar-refractivity contribution in [1.29, 1.82) is 0 Å². The summed E-state index contributed by atoms with van der Waals surface area (Å²) in [5.41, 5.74) is 0.812. The van der Waals surface area contributed by atoms with E-state index in [-0.39, 0.29) is 11.9 Å². The number of methoxy groups -OCH3 is 1. The molecule has 1 unspecified atom stereocenters. The Morgan fingerprint density at radius 3 is 2.61 bits per heavy atom. The number of carbonyl (C=O) groups is 2. The molecule has 2 aliphatic rings. The molecule has 7 heteroatoms. The molecule has 1 atom stereocenters. The first kappa shape index (κ1) is 20.6. The highest BCUT2D eigenvalue weighted by molar-refractivity contribution is 8.23. The van der Waals surface area contributed by atoms with E-state index in [0.29, 0.717) is 23.0 Å². The topological polar surface area (TPSA) is 49.9 Å². The maximum atomic E-state index is 13.3. The summed E-state index contributed by atoms with van der Waals surface area (Å²) in [6.45, 7) is 4.84. The molecule has 0 saturated carbocycles. The smallest absolute Gasteiger partial charge is 0.312 e. The molecular formula is C21H24N2O3S2. The van der Waals surface area contributed by atoms with Crippen molar-refractivity contribution in [2.24, 2.45) is 11.3 Å². The number of amides is 1. The minimum absolute atomic E-state index is 0.139. The van der Waals surface area contributed by atoms with Crippen LogP contribution < -0.4 is 0 Å². The zero-order valence-electron chi connectivity index (χ0n) is 16.3. The zero-order chi connectivity index (χ0) is 20.3. The van der Waals surface area contributed by atoms with E-state index in [1.54, 1.807) is 18.7 Å². The summed E-state index contributed by atoms with van der Waals surface area (Å²) in [5.74, 6) is -0.0880. The van der Waals surface area contributed by atoms with Crippen molar-refractivity contribution < 1.29 is 14.3 Å². The van der Waals surface area contributed by atoms with Crippen LogP contribution in [0.5, 0.6) is 0 Å². The molecule has 2 heterocycles.